The van der Waals surface area contributed by atoms with Gasteiger partial charge in [0, 0.05) is 22.3 Å². The van der Waals surface area contributed by atoms with Crippen molar-refractivity contribution in [1.29, 1.82) is 0 Å². The van der Waals surface area contributed by atoms with Gasteiger partial charge in [-0.05, 0) is 81.3 Å². The van der Waals surface area contributed by atoms with Gasteiger partial charge in [-0.15, -0.1) is 0 Å². The van der Waals surface area contributed by atoms with Crippen LogP contribution in [0.5, 0.6) is 0 Å². The Balaban J connectivity index is 1.29. The summed E-state index contributed by atoms with van der Waals surface area (Å²) < 4.78 is 5.17. The normalized spacial score (nSPS) is 12.8. The highest BCUT2D eigenvalue weighted by Gasteiger charge is 2.18. The first-order chi connectivity index (χ1) is 15.8. The number of hydrogen-bond acceptors (Lipinski definition) is 4. The van der Waals surface area contributed by atoms with E-state index in [1.807, 2.05) is 45.0 Å². The van der Waals surface area contributed by atoms with Gasteiger partial charge in [-0.1, -0.05) is 17.7 Å². The molecule has 1 aliphatic rings. The number of esters is 1. The van der Waals surface area contributed by atoms with Gasteiger partial charge < -0.3 is 20.4 Å². The number of benzene rings is 2. The Morgan fingerprint density at radius 1 is 0.970 bits per heavy atom. The van der Waals surface area contributed by atoms with E-state index in [4.69, 9.17) is 4.74 Å². The van der Waals surface area contributed by atoms with Crippen LogP contribution in [0.25, 0.3) is 10.9 Å². The van der Waals surface area contributed by atoms with E-state index in [2.05, 4.69) is 15.6 Å². The first kappa shape index (κ1) is 22.6. The monoisotopic (exact) mass is 447 g/mol. The number of fused-ring (bicyclic) bond motifs is 3. The number of carbonyl (C=O) groups is 3. The lowest BCUT2D eigenvalue weighted by molar-refractivity contribution is -0.126. The SMILES string of the molecule is Cc1cc(C)c(NC(=O)CNC(=O)COC(=O)c2ccc3[nH]c4c(c3c2)CCCC4)c(C)c1. The van der Waals surface area contributed by atoms with Gasteiger partial charge in [0.15, 0.2) is 6.61 Å². The van der Waals surface area contributed by atoms with Gasteiger partial charge in [0.2, 0.25) is 5.91 Å². The molecule has 0 saturated carbocycles. The smallest absolute Gasteiger partial charge is 0.338 e. The minimum atomic E-state index is -0.562. The fourth-order valence-electron chi connectivity index (χ4n) is 4.54. The van der Waals surface area contributed by atoms with Crippen LogP contribution in [0, 0.1) is 20.8 Å². The third kappa shape index (κ3) is 5.08. The van der Waals surface area contributed by atoms with E-state index in [1.54, 1.807) is 6.07 Å². The van der Waals surface area contributed by atoms with E-state index < -0.39 is 18.5 Å². The highest BCUT2D eigenvalue weighted by atomic mass is 16.5. The fourth-order valence-corrected chi connectivity index (χ4v) is 4.54. The Labute approximate surface area is 192 Å². The molecule has 2 aromatic carbocycles. The molecule has 4 rings (SSSR count). The van der Waals surface area contributed by atoms with E-state index in [0.717, 1.165) is 52.5 Å². The molecule has 0 bridgehead atoms. The van der Waals surface area contributed by atoms with Crippen LogP contribution in [0.2, 0.25) is 0 Å². The Morgan fingerprint density at radius 2 is 1.70 bits per heavy atom. The van der Waals surface area contributed by atoms with Crippen molar-refractivity contribution in [2.75, 3.05) is 18.5 Å². The minimum Gasteiger partial charge on any atom is -0.452 e. The average Bonchev–Trinajstić information content (AvgIpc) is 3.16. The Bertz CT molecular complexity index is 1220. The average molecular weight is 448 g/mol. The van der Waals surface area contributed by atoms with Crippen LogP contribution in [0.15, 0.2) is 30.3 Å². The molecular formula is C26H29N3O4. The van der Waals surface area contributed by atoms with Crippen molar-refractivity contribution in [3.05, 3.63) is 63.8 Å². The van der Waals surface area contributed by atoms with Gasteiger partial charge in [0.1, 0.15) is 0 Å². The maximum atomic E-state index is 12.5. The topological polar surface area (TPSA) is 100 Å². The summed E-state index contributed by atoms with van der Waals surface area (Å²) in [6, 6.07) is 9.38. The van der Waals surface area contributed by atoms with Crippen molar-refractivity contribution < 1.29 is 19.1 Å². The van der Waals surface area contributed by atoms with Crippen LogP contribution >= 0.6 is 0 Å². The first-order valence-corrected chi connectivity index (χ1v) is 11.3. The zero-order valence-corrected chi connectivity index (χ0v) is 19.3. The Hall–Kier alpha value is -3.61. The quantitative estimate of drug-likeness (QED) is 0.499. The maximum Gasteiger partial charge on any atom is 0.338 e. The molecule has 172 valence electrons. The van der Waals surface area contributed by atoms with Crippen molar-refractivity contribution in [3.63, 3.8) is 0 Å². The van der Waals surface area contributed by atoms with Crippen molar-refractivity contribution >= 4 is 34.4 Å². The standard InChI is InChI=1S/C26H29N3O4/c1-15-10-16(2)25(17(3)11-15)29-23(30)13-27-24(31)14-33-26(32)18-8-9-22-20(12-18)19-6-4-5-7-21(19)28-22/h8-12,28H,4-7,13-14H2,1-3H3,(H,27,31)(H,29,30). The summed E-state index contributed by atoms with van der Waals surface area (Å²) in [6.45, 7) is 5.20. The molecule has 0 fully saturated rings. The highest BCUT2D eigenvalue weighted by Crippen LogP contribution is 2.29. The van der Waals surface area contributed by atoms with E-state index in [0.29, 0.717) is 5.56 Å². The Morgan fingerprint density at radius 3 is 2.45 bits per heavy atom. The summed E-state index contributed by atoms with van der Waals surface area (Å²) >= 11 is 0. The molecule has 0 unspecified atom stereocenters. The van der Waals surface area contributed by atoms with Crippen molar-refractivity contribution in [2.45, 2.75) is 46.5 Å². The summed E-state index contributed by atoms with van der Waals surface area (Å²) in [7, 11) is 0. The number of aryl methyl sites for hydroxylation is 5. The molecule has 0 saturated heterocycles. The predicted octanol–water partition coefficient (Wildman–Crippen LogP) is 3.88. The number of rotatable bonds is 6. The predicted molar refractivity (Wildman–Crippen MR) is 128 cm³/mol. The summed E-state index contributed by atoms with van der Waals surface area (Å²) in [6.07, 6.45) is 4.35. The van der Waals surface area contributed by atoms with Gasteiger partial charge in [0.25, 0.3) is 5.91 Å². The summed E-state index contributed by atoms with van der Waals surface area (Å²) in [5, 5.41) is 6.36. The number of nitrogens with one attached hydrogen (secondary N) is 3. The van der Waals surface area contributed by atoms with E-state index in [9.17, 15) is 14.4 Å². The lowest BCUT2D eigenvalue weighted by Gasteiger charge is -2.13. The third-order valence-electron chi connectivity index (χ3n) is 6.06. The molecule has 2 amide bonds. The molecule has 0 aliphatic heterocycles. The van der Waals surface area contributed by atoms with Crippen molar-refractivity contribution in [2.24, 2.45) is 0 Å². The van der Waals surface area contributed by atoms with Gasteiger partial charge >= 0.3 is 5.97 Å². The largest absolute Gasteiger partial charge is 0.452 e. The maximum absolute atomic E-state index is 12.5. The van der Waals surface area contributed by atoms with E-state index >= 15 is 0 Å². The molecule has 0 atom stereocenters. The number of amides is 2. The van der Waals surface area contributed by atoms with Gasteiger partial charge in [0.05, 0.1) is 12.1 Å². The molecule has 0 spiro atoms. The Kier molecular flexibility index (Phi) is 6.49. The summed E-state index contributed by atoms with van der Waals surface area (Å²) in [4.78, 5) is 40.3. The fraction of sp³-hybridized carbons (Fsp3) is 0.346. The molecule has 0 radical (unpaired) electrons. The second kappa shape index (κ2) is 9.48. The second-order valence-corrected chi connectivity index (χ2v) is 8.72. The lowest BCUT2D eigenvalue weighted by Crippen LogP contribution is -2.35. The molecule has 3 aromatic rings. The van der Waals surface area contributed by atoms with Crippen LogP contribution in [0.3, 0.4) is 0 Å². The molecule has 7 nitrogen and oxygen atoms in total. The second-order valence-electron chi connectivity index (χ2n) is 8.72. The molecule has 3 N–H and O–H groups in total. The van der Waals surface area contributed by atoms with Gasteiger partial charge in [-0.25, -0.2) is 4.79 Å². The number of H-pyrrole nitrogens is 1. The first-order valence-electron chi connectivity index (χ1n) is 11.3. The molecule has 1 aromatic heterocycles. The van der Waals surface area contributed by atoms with Crippen LogP contribution < -0.4 is 10.6 Å². The zero-order chi connectivity index (χ0) is 23.5. The molecule has 1 heterocycles. The number of ether oxygens (including phenoxy) is 1. The van der Waals surface area contributed by atoms with Gasteiger partial charge in [-0.2, -0.15) is 0 Å². The zero-order valence-electron chi connectivity index (χ0n) is 19.3. The molecule has 7 heteroatoms. The van der Waals surface area contributed by atoms with Crippen LogP contribution in [-0.4, -0.2) is 35.9 Å². The third-order valence-corrected chi connectivity index (χ3v) is 6.06. The molecular weight excluding hydrogens is 418 g/mol. The van der Waals surface area contributed by atoms with E-state index in [1.165, 1.54) is 17.7 Å². The number of anilines is 1. The summed E-state index contributed by atoms with van der Waals surface area (Å²) in [5.41, 5.74) is 7.72. The van der Waals surface area contributed by atoms with Crippen molar-refractivity contribution in [3.8, 4) is 0 Å². The molecule has 33 heavy (non-hydrogen) atoms. The number of carbonyl (C=O) groups excluding carboxylic acids is 3. The van der Waals surface area contributed by atoms with Gasteiger partial charge in [-0.3, -0.25) is 9.59 Å². The molecule has 1 aliphatic carbocycles. The number of aromatic amines is 1. The minimum absolute atomic E-state index is 0.204. The highest BCUT2D eigenvalue weighted by molar-refractivity contribution is 5.98. The van der Waals surface area contributed by atoms with Crippen LogP contribution in [0.4, 0.5) is 5.69 Å². The number of aromatic nitrogens is 1. The number of hydrogen-bond donors (Lipinski definition) is 3. The van der Waals surface area contributed by atoms with E-state index in [-0.39, 0.29) is 12.5 Å². The van der Waals surface area contributed by atoms with Crippen LogP contribution in [0.1, 0.15) is 51.1 Å². The summed E-state index contributed by atoms with van der Waals surface area (Å²) in [5.74, 6) is -1.43. The van der Waals surface area contributed by atoms with Crippen molar-refractivity contribution in [1.82, 2.24) is 10.3 Å². The lowest BCUT2D eigenvalue weighted by atomic mass is 9.95. The van der Waals surface area contributed by atoms with Crippen LogP contribution in [-0.2, 0) is 27.2 Å².